The average Bonchev–Trinajstić information content (AvgIpc) is 3.18. The molecule has 12 heteroatoms. The minimum atomic E-state index is -1.19. The van der Waals surface area contributed by atoms with Crippen LogP contribution in [0.1, 0.15) is 10.4 Å². The number of rotatable bonds is 8. The molecule has 0 spiro atoms. The standard InChI is InChI=1S/C17H18N6O5S/c1-27-10-4-3-8(5-11(10)28-2)14(24)21-9(16(25)26)6-29-15-12-13(20-7-19-12)22-17(18)23-15/h3-5,7,9H,6H2,1-2H3,(H,21,24)(H,25,26)(H3,18,19,20,22,23)/t9-/m0/s1. The number of hydrogen-bond donors (Lipinski definition) is 4. The van der Waals surface area contributed by atoms with Crippen molar-refractivity contribution in [2.45, 2.75) is 11.1 Å². The number of thioether (sulfide) groups is 1. The number of amides is 1. The number of benzene rings is 1. The number of H-pyrrole nitrogens is 1. The summed E-state index contributed by atoms with van der Waals surface area (Å²) >= 11 is 1.11. The highest BCUT2D eigenvalue weighted by Crippen LogP contribution is 2.28. The van der Waals surface area contributed by atoms with E-state index in [1.165, 1.54) is 32.7 Å². The Balaban J connectivity index is 1.74. The lowest BCUT2D eigenvalue weighted by atomic mass is 10.1. The fraction of sp³-hybridized carbons (Fsp3) is 0.235. The van der Waals surface area contributed by atoms with Crippen LogP contribution in [0.25, 0.3) is 11.2 Å². The summed E-state index contributed by atoms with van der Waals surface area (Å²) in [6.45, 7) is 0. The van der Waals surface area contributed by atoms with Crippen LogP contribution in [0.5, 0.6) is 11.5 Å². The van der Waals surface area contributed by atoms with Crippen LogP contribution in [0, 0.1) is 0 Å². The number of ether oxygens (including phenoxy) is 2. The Hall–Kier alpha value is -3.54. The van der Waals surface area contributed by atoms with Crippen molar-refractivity contribution < 1.29 is 24.2 Å². The number of carbonyl (C=O) groups excluding carboxylic acids is 1. The number of carbonyl (C=O) groups is 2. The summed E-state index contributed by atoms with van der Waals surface area (Å²) in [7, 11) is 2.92. The molecule has 0 fully saturated rings. The van der Waals surface area contributed by atoms with Crippen molar-refractivity contribution >= 4 is 40.8 Å². The van der Waals surface area contributed by atoms with Gasteiger partial charge in [-0.25, -0.2) is 14.8 Å². The van der Waals surface area contributed by atoms with Gasteiger partial charge in [-0.15, -0.1) is 11.8 Å². The fourth-order valence-corrected chi connectivity index (χ4v) is 3.49. The van der Waals surface area contributed by atoms with Crippen LogP contribution in [0.4, 0.5) is 5.95 Å². The number of hydrogen-bond acceptors (Lipinski definition) is 9. The van der Waals surface area contributed by atoms with Crippen LogP contribution in [-0.4, -0.2) is 62.9 Å². The molecule has 1 atom stereocenters. The number of carboxylic acids is 1. The highest BCUT2D eigenvalue weighted by atomic mass is 32.2. The summed E-state index contributed by atoms with van der Waals surface area (Å²) in [6.07, 6.45) is 1.44. The molecule has 0 aliphatic rings. The third-order valence-electron chi connectivity index (χ3n) is 3.91. The van der Waals surface area contributed by atoms with Crippen LogP contribution in [0.3, 0.4) is 0 Å². The Morgan fingerprint density at radius 1 is 1.28 bits per heavy atom. The molecule has 2 heterocycles. The van der Waals surface area contributed by atoms with E-state index in [1.54, 1.807) is 6.07 Å². The molecule has 11 nitrogen and oxygen atoms in total. The molecule has 2 aromatic heterocycles. The van der Waals surface area contributed by atoms with Crippen LogP contribution >= 0.6 is 11.8 Å². The van der Waals surface area contributed by atoms with Gasteiger partial charge < -0.3 is 30.6 Å². The van der Waals surface area contributed by atoms with Crippen molar-refractivity contribution in [1.82, 2.24) is 25.3 Å². The number of anilines is 1. The molecular weight excluding hydrogens is 400 g/mol. The zero-order valence-electron chi connectivity index (χ0n) is 15.5. The molecule has 0 aliphatic carbocycles. The van der Waals surface area contributed by atoms with Gasteiger partial charge in [-0.05, 0) is 18.2 Å². The van der Waals surface area contributed by atoms with E-state index in [4.69, 9.17) is 15.2 Å². The van der Waals surface area contributed by atoms with Gasteiger partial charge in [-0.1, -0.05) is 0 Å². The number of aromatic nitrogens is 4. The molecule has 0 bridgehead atoms. The normalized spacial score (nSPS) is 11.8. The van der Waals surface area contributed by atoms with E-state index in [0.29, 0.717) is 27.7 Å². The summed E-state index contributed by atoms with van der Waals surface area (Å²) in [6, 6.07) is 3.38. The van der Waals surface area contributed by atoms with Gasteiger partial charge in [0.15, 0.2) is 17.1 Å². The third kappa shape index (κ3) is 4.48. The number of nitrogens with one attached hydrogen (secondary N) is 2. The minimum Gasteiger partial charge on any atom is -0.493 e. The van der Waals surface area contributed by atoms with E-state index in [-0.39, 0.29) is 17.3 Å². The van der Waals surface area contributed by atoms with E-state index in [0.717, 1.165) is 11.8 Å². The first-order valence-electron chi connectivity index (χ1n) is 8.28. The third-order valence-corrected chi connectivity index (χ3v) is 4.97. The van der Waals surface area contributed by atoms with E-state index >= 15 is 0 Å². The molecule has 3 aromatic rings. The molecule has 0 saturated carbocycles. The highest BCUT2D eigenvalue weighted by molar-refractivity contribution is 7.99. The van der Waals surface area contributed by atoms with Crippen LogP contribution in [-0.2, 0) is 4.79 Å². The fourth-order valence-electron chi connectivity index (χ4n) is 2.48. The summed E-state index contributed by atoms with van der Waals surface area (Å²) in [5.74, 6) is -0.895. The molecular formula is C17H18N6O5S. The summed E-state index contributed by atoms with van der Waals surface area (Å²) in [5, 5.41) is 12.4. The van der Waals surface area contributed by atoms with E-state index < -0.39 is 17.9 Å². The number of fused-ring (bicyclic) bond motifs is 1. The molecule has 3 rings (SSSR count). The maximum Gasteiger partial charge on any atom is 0.327 e. The average molecular weight is 418 g/mol. The van der Waals surface area contributed by atoms with Gasteiger partial charge in [0, 0.05) is 11.3 Å². The molecule has 0 unspecified atom stereocenters. The predicted octanol–water partition coefficient (Wildman–Crippen LogP) is 0.928. The van der Waals surface area contributed by atoms with Crippen LogP contribution in [0.15, 0.2) is 29.6 Å². The smallest absolute Gasteiger partial charge is 0.327 e. The molecule has 1 aromatic carbocycles. The Kier molecular flexibility index (Phi) is 6.02. The van der Waals surface area contributed by atoms with Crippen molar-refractivity contribution in [1.29, 1.82) is 0 Å². The zero-order valence-corrected chi connectivity index (χ0v) is 16.3. The lowest BCUT2D eigenvalue weighted by molar-refractivity contribution is -0.138. The molecule has 1 amide bonds. The monoisotopic (exact) mass is 418 g/mol. The van der Waals surface area contributed by atoms with Crippen molar-refractivity contribution in [2.75, 3.05) is 25.7 Å². The molecule has 0 saturated heterocycles. The van der Waals surface area contributed by atoms with Gasteiger partial charge in [0.05, 0.1) is 20.5 Å². The number of aromatic amines is 1. The number of carboxylic acid groups (broad SMARTS) is 1. The van der Waals surface area contributed by atoms with Gasteiger partial charge in [-0.2, -0.15) is 4.98 Å². The second-order valence-electron chi connectivity index (χ2n) is 5.73. The largest absolute Gasteiger partial charge is 0.493 e. The highest BCUT2D eigenvalue weighted by Gasteiger charge is 2.23. The molecule has 0 aliphatic heterocycles. The summed E-state index contributed by atoms with van der Waals surface area (Å²) in [5.41, 5.74) is 6.81. The minimum absolute atomic E-state index is 0.0128. The number of nitrogens with zero attached hydrogens (tertiary/aromatic N) is 3. The lowest BCUT2D eigenvalue weighted by Crippen LogP contribution is -2.42. The topological polar surface area (TPSA) is 165 Å². The van der Waals surface area contributed by atoms with Crippen molar-refractivity contribution in [3.8, 4) is 11.5 Å². The van der Waals surface area contributed by atoms with E-state index in [9.17, 15) is 14.7 Å². The first-order chi connectivity index (χ1) is 13.9. The van der Waals surface area contributed by atoms with Crippen molar-refractivity contribution in [2.24, 2.45) is 0 Å². The van der Waals surface area contributed by atoms with Gasteiger partial charge >= 0.3 is 5.97 Å². The molecule has 152 valence electrons. The van der Waals surface area contributed by atoms with Gasteiger partial charge in [-0.3, -0.25) is 4.79 Å². The predicted molar refractivity (Wildman–Crippen MR) is 105 cm³/mol. The van der Waals surface area contributed by atoms with Crippen LogP contribution in [0.2, 0.25) is 0 Å². The second-order valence-corrected chi connectivity index (χ2v) is 6.74. The Bertz CT molecular complexity index is 1060. The van der Waals surface area contributed by atoms with E-state index in [1.807, 2.05) is 0 Å². The SMILES string of the molecule is COc1ccc(C(=O)N[C@@H](CSc2nc(N)nc3nc[nH]c23)C(=O)O)cc1OC. The number of aliphatic carboxylic acids is 1. The first kappa shape index (κ1) is 20.2. The summed E-state index contributed by atoms with van der Waals surface area (Å²) in [4.78, 5) is 39.1. The van der Waals surface area contributed by atoms with Crippen molar-refractivity contribution in [3.63, 3.8) is 0 Å². The van der Waals surface area contributed by atoms with Gasteiger partial charge in [0.2, 0.25) is 5.95 Å². The number of nitrogens with two attached hydrogens (primary N) is 1. The zero-order chi connectivity index (χ0) is 21.0. The van der Waals surface area contributed by atoms with E-state index in [2.05, 4.69) is 25.3 Å². The maximum atomic E-state index is 12.5. The quantitative estimate of drug-likeness (QED) is 0.305. The van der Waals surface area contributed by atoms with Gasteiger partial charge in [0.25, 0.3) is 5.91 Å². The van der Waals surface area contributed by atoms with Crippen molar-refractivity contribution in [3.05, 3.63) is 30.1 Å². The molecule has 0 radical (unpaired) electrons. The lowest BCUT2D eigenvalue weighted by Gasteiger charge is -2.15. The van der Waals surface area contributed by atoms with Crippen LogP contribution < -0.4 is 20.5 Å². The summed E-state index contributed by atoms with van der Waals surface area (Å²) < 4.78 is 10.3. The first-order valence-corrected chi connectivity index (χ1v) is 9.26. The second kappa shape index (κ2) is 8.65. The number of nitrogen functional groups attached to an aromatic ring is 1. The Labute approximate surface area is 169 Å². The molecule has 29 heavy (non-hydrogen) atoms. The van der Waals surface area contributed by atoms with Gasteiger partial charge in [0.1, 0.15) is 16.6 Å². The molecule has 5 N–H and O–H groups in total. The Morgan fingerprint density at radius 3 is 2.72 bits per heavy atom. The number of methoxy groups -OCH3 is 2. The maximum absolute atomic E-state index is 12.5. The number of imidazole rings is 1. The Morgan fingerprint density at radius 2 is 2.03 bits per heavy atom.